The molecule has 0 spiro atoms. The minimum Gasteiger partial charge on any atom is -0.353 e. The van der Waals surface area contributed by atoms with Crippen LogP contribution in [0, 0.1) is 0 Å². The van der Waals surface area contributed by atoms with E-state index in [0.717, 1.165) is 28.4 Å². The maximum atomic E-state index is 12.1. The van der Waals surface area contributed by atoms with Gasteiger partial charge in [0.2, 0.25) is 5.91 Å². The molecule has 0 bridgehead atoms. The van der Waals surface area contributed by atoms with Crippen LogP contribution in [0.4, 0.5) is 0 Å². The van der Waals surface area contributed by atoms with E-state index in [1.54, 1.807) is 0 Å². The molecule has 1 N–H and O–H groups in total. The Bertz CT molecular complexity index is 694. The predicted octanol–water partition coefficient (Wildman–Crippen LogP) is 3.72. The van der Waals surface area contributed by atoms with Gasteiger partial charge in [-0.25, -0.2) is 4.98 Å². The molecule has 4 nitrogen and oxygen atoms in total. The van der Waals surface area contributed by atoms with Crippen molar-refractivity contribution in [2.75, 3.05) is 5.75 Å². The number of nitrogens with zero attached hydrogens (tertiary/aromatic N) is 1. The molecule has 1 aliphatic rings. The second-order valence-electron chi connectivity index (χ2n) is 5.91. The fourth-order valence-electron chi connectivity index (χ4n) is 2.78. The standard InChI is InChI=1S/C18H20N2O2S2/c21-16(13-6-2-1-3-7-13)12-24-18-20-15(11-23-18)10-17(22)19-14-8-4-5-9-14/h1-3,6-7,11,14H,4-5,8-10,12H2,(H,19,22). The lowest BCUT2D eigenvalue weighted by Crippen LogP contribution is -2.33. The first-order valence-corrected chi connectivity index (χ1v) is 10.0. The maximum Gasteiger partial charge on any atom is 0.226 e. The van der Waals surface area contributed by atoms with Crippen LogP contribution in [0.15, 0.2) is 40.1 Å². The summed E-state index contributed by atoms with van der Waals surface area (Å²) in [5.41, 5.74) is 1.50. The molecular weight excluding hydrogens is 340 g/mol. The summed E-state index contributed by atoms with van der Waals surface area (Å²) in [6.45, 7) is 0. The third kappa shape index (κ3) is 4.92. The molecule has 1 aromatic heterocycles. The number of aromatic nitrogens is 1. The Morgan fingerprint density at radius 2 is 1.96 bits per heavy atom. The van der Waals surface area contributed by atoms with Gasteiger partial charge in [-0.15, -0.1) is 11.3 Å². The number of hydrogen-bond acceptors (Lipinski definition) is 5. The van der Waals surface area contributed by atoms with Crippen molar-refractivity contribution in [3.8, 4) is 0 Å². The lowest BCUT2D eigenvalue weighted by Gasteiger charge is -2.10. The van der Waals surface area contributed by atoms with Crippen molar-refractivity contribution in [3.05, 3.63) is 47.0 Å². The van der Waals surface area contributed by atoms with Crippen LogP contribution in [0.2, 0.25) is 0 Å². The number of carbonyl (C=O) groups is 2. The molecule has 0 radical (unpaired) electrons. The summed E-state index contributed by atoms with van der Waals surface area (Å²) in [5.74, 6) is 0.506. The molecule has 1 aromatic carbocycles. The highest BCUT2D eigenvalue weighted by Gasteiger charge is 2.18. The van der Waals surface area contributed by atoms with E-state index < -0.39 is 0 Å². The molecule has 3 rings (SSSR count). The van der Waals surface area contributed by atoms with Gasteiger partial charge in [0.25, 0.3) is 0 Å². The van der Waals surface area contributed by atoms with Crippen molar-refractivity contribution >= 4 is 34.8 Å². The van der Waals surface area contributed by atoms with Crippen LogP contribution in [-0.2, 0) is 11.2 Å². The van der Waals surface area contributed by atoms with E-state index in [9.17, 15) is 9.59 Å². The maximum absolute atomic E-state index is 12.1. The highest BCUT2D eigenvalue weighted by atomic mass is 32.2. The van der Waals surface area contributed by atoms with Crippen molar-refractivity contribution in [2.45, 2.75) is 42.5 Å². The van der Waals surface area contributed by atoms with Crippen LogP contribution in [-0.4, -0.2) is 28.5 Å². The third-order valence-electron chi connectivity index (χ3n) is 4.02. The Hall–Kier alpha value is -1.66. The quantitative estimate of drug-likeness (QED) is 0.604. The molecule has 1 saturated carbocycles. The summed E-state index contributed by atoms with van der Waals surface area (Å²) < 4.78 is 0.836. The van der Waals surface area contributed by atoms with Gasteiger partial charge in [0.05, 0.1) is 17.9 Å². The predicted molar refractivity (Wildman–Crippen MR) is 97.7 cm³/mol. The number of carbonyl (C=O) groups excluding carboxylic acids is 2. The number of thiazole rings is 1. The molecule has 1 fully saturated rings. The number of rotatable bonds is 7. The average Bonchev–Trinajstić information content (AvgIpc) is 3.25. The third-order valence-corrected chi connectivity index (χ3v) is 6.08. The van der Waals surface area contributed by atoms with Gasteiger partial charge >= 0.3 is 0 Å². The molecule has 6 heteroatoms. The van der Waals surface area contributed by atoms with E-state index in [4.69, 9.17) is 0 Å². The number of thioether (sulfide) groups is 1. The van der Waals surface area contributed by atoms with Gasteiger partial charge in [0.15, 0.2) is 10.1 Å². The molecule has 2 aromatic rings. The van der Waals surface area contributed by atoms with Gasteiger partial charge in [0, 0.05) is 17.0 Å². The van der Waals surface area contributed by atoms with E-state index in [1.165, 1.54) is 35.9 Å². The smallest absolute Gasteiger partial charge is 0.226 e. The van der Waals surface area contributed by atoms with Gasteiger partial charge in [-0.3, -0.25) is 9.59 Å². The minimum absolute atomic E-state index is 0.0455. The molecule has 0 saturated heterocycles. The largest absolute Gasteiger partial charge is 0.353 e. The van der Waals surface area contributed by atoms with Crippen molar-refractivity contribution in [3.63, 3.8) is 0 Å². The highest BCUT2D eigenvalue weighted by molar-refractivity contribution is 8.01. The van der Waals surface area contributed by atoms with Crippen molar-refractivity contribution < 1.29 is 9.59 Å². The Balaban J connectivity index is 1.46. The van der Waals surface area contributed by atoms with Gasteiger partial charge in [0.1, 0.15) is 0 Å². The fraction of sp³-hybridized carbons (Fsp3) is 0.389. The summed E-state index contributed by atoms with van der Waals surface area (Å²) in [7, 11) is 0. The monoisotopic (exact) mass is 360 g/mol. The summed E-state index contributed by atoms with van der Waals surface area (Å²) in [5, 5.41) is 4.98. The number of benzene rings is 1. The first kappa shape index (κ1) is 17.2. The normalized spacial score (nSPS) is 14.7. The summed E-state index contributed by atoms with van der Waals surface area (Å²) in [6, 6.07) is 9.61. The number of nitrogens with one attached hydrogen (secondary N) is 1. The molecule has 1 amide bonds. The second kappa shape index (κ2) is 8.44. The average molecular weight is 361 g/mol. The van der Waals surface area contributed by atoms with Crippen molar-refractivity contribution in [1.82, 2.24) is 10.3 Å². The lowest BCUT2D eigenvalue weighted by atomic mass is 10.2. The van der Waals surface area contributed by atoms with E-state index in [1.807, 2.05) is 35.7 Å². The Morgan fingerprint density at radius 3 is 2.71 bits per heavy atom. The van der Waals surface area contributed by atoms with Crippen molar-refractivity contribution in [2.24, 2.45) is 0 Å². The molecular formula is C18H20N2O2S2. The van der Waals surface area contributed by atoms with Crippen LogP contribution in [0.5, 0.6) is 0 Å². The summed E-state index contributed by atoms with van der Waals surface area (Å²) >= 11 is 2.92. The molecule has 0 atom stereocenters. The lowest BCUT2D eigenvalue weighted by molar-refractivity contribution is -0.121. The van der Waals surface area contributed by atoms with Crippen molar-refractivity contribution in [1.29, 1.82) is 0 Å². The van der Waals surface area contributed by atoms with E-state index in [0.29, 0.717) is 18.2 Å². The summed E-state index contributed by atoms with van der Waals surface area (Å²) in [4.78, 5) is 28.6. The van der Waals surface area contributed by atoms with E-state index in [-0.39, 0.29) is 11.7 Å². The molecule has 126 valence electrons. The molecule has 0 unspecified atom stereocenters. The minimum atomic E-state index is 0.0455. The zero-order valence-electron chi connectivity index (χ0n) is 13.4. The first-order chi connectivity index (χ1) is 11.7. The van der Waals surface area contributed by atoms with Gasteiger partial charge in [-0.1, -0.05) is 54.9 Å². The summed E-state index contributed by atoms with van der Waals surface area (Å²) in [6.07, 6.45) is 4.91. The fourth-order valence-corrected chi connectivity index (χ4v) is 4.52. The van der Waals surface area contributed by atoms with Crippen LogP contribution in [0.25, 0.3) is 0 Å². The van der Waals surface area contributed by atoms with Gasteiger partial charge < -0.3 is 5.32 Å². The number of hydrogen-bond donors (Lipinski definition) is 1. The van der Waals surface area contributed by atoms with Gasteiger partial charge in [-0.05, 0) is 12.8 Å². The number of Topliss-reactive ketones (excluding diaryl/α,β-unsaturated/α-hetero) is 1. The van der Waals surface area contributed by atoms with Crippen LogP contribution >= 0.6 is 23.1 Å². The van der Waals surface area contributed by atoms with Crippen LogP contribution < -0.4 is 5.32 Å². The highest BCUT2D eigenvalue weighted by Crippen LogP contribution is 2.24. The number of ketones is 1. The van der Waals surface area contributed by atoms with Gasteiger partial charge in [-0.2, -0.15) is 0 Å². The molecule has 0 aliphatic heterocycles. The van der Waals surface area contributed by atoms with E-state index in [2.05, 4.69) is 10.3 Å². The van der Waals surface area contributed by atoms with Crippen LogP contribution in [0.3, 0.4) is 0 Å². The van der Waals surface area contributed by atoms with Crippen LogP contribution in [0.1, 0.15) is 41.7 Å². The zero-order chi connectivity index (χ0) is 16.8. The molecule has 1 aliphatic carbocycles. The SMILES string of the molecule is O=C(Cc1csc(SCC(=O)c2ccccc2)n1)NC1CCCC1. The number of amides is 1. The Kier molecular flexibility index (Phi) is 6.04. The Labute approximate surface area is 150 Å². The Morgan fingerprint density at radius 1 is 1.21 bits per heavy atom. The zero-order valence-corrected chi connectivity index (χ0v) is 15.0. The topological polar surface area (TPSA) is 59.1 Å². The first-order valence-electron chi connectivity index (χ1n) is 8.15. The molecule has 1 heterocycles. The second-order valence-corrected chi connectivity index (χ2v) is 7.99. The molecule has 24 heavy (non-hydrogen) atoms. The van der Waals surface area contributed by atoms with E-state index >= 15 is 0 Å².